The summed E-state index contributed by atoms with van der Waals surface area (Å²) in [5.41, 5.74) is 9.48. The zero-order valence-corrected chi connectivity index (χ0v) is 24.1. The fraction of sp³-hybridized carbons (Fsp3) is 0.222. The van der Waals surface area contributed by atoms with Gasteiger partial charge in [-0.05, 0) is 49.1 Å². The number of carbonyl (C=O) groups excluding carboxylic acids is 2. The van der Waals surface area contributed by atoms with Crippen molar-refractivity contribution in [2.45, 2.75) is 36.4 Å². The van der Waals surface area contributed by atoms with E-state index in [0.29, 0.717) is 56.3 Å². The first-order valence-corrected chi connectivity index (χ1v) is 14.7. The van der Waals surface area contributed by atoms with E-state index in [9.17, 15) is 19.2 Å². The van der Waals surface area contributed by atoms with Gasteiger partial charge in [-0.25, -0.2) is 4.39 Å². The van der Waals surface area contributed by atoms with E-state index in [1.165, 1.54) is 23.5 Å². The number of nitrogens with one attached hydrogen (secondary N) is 1. The van der Waals surface area contributed by atoms with Crippen LogP contribution in [0.3, 0.4) is 0 Å². The second-order valence-corrected chi connectivity index (χ2v) is 12.1. The average Bonchev–Trinajstić information content (AvgIpc) is 3.39. The Balaban J connectivity index is 1.44. The molecule has 1 atom stereocenters. The highest BCUT2D eigenvalue weighted by Gasteiger charge is 2.42. The fourth-order valence-electron chi connectivity index (χ4n) is 4.75. The standard InChI is InChI=1S/C27H21Cl2FN6O2S2/c1-13-8-9-14(30)10-18(13)33-21(38)12-39-27-35-34-26(40-27)36-19-6-3-7-20(37)23(19)22(16(11-31)25(36)32)15-4-2-5-17(28)24(15)29/h2,4-5,8-10,22H,3,6-7,12,32H2,1H3,(H,33,38). The van der Waals surface area contributed by atoms with E-state index in [1.807, 2.05) is 0 Å². The van der Waals surface area contributed by atoms with Crippen LogP contribution in [0.5, 0.6) is 0 Å². The molecule has 1 amide bonds. The van der Waals surface area contributed by atoms with Crippen LogP contribution in [0.15, 0.2) is 63.4 Å². The fourth-order valence-corrected chi connectivity index (χ4v) is 6.85. The van der Waals surface area contributed by atoms with Gasteiger partial charge in [0.05, 0.1) is 33.4 Å². The Morgan fingerprint density at radius 1 is 1.30 bits per heavy atom. The number of allylic oxidation sites excluding steroid dienone is 3. The summed E-state index contributed by atoms with van der Waals surface area (Å²) in [6.45, 7) is 1.77. The van der Waals surface area contributed by atoms with Crippen molar-refractivity contribution in [1.82, 2.24) is 10.2 Å². The van der Waals surface area contributed by atoms with Crippen molar-refractivity contribution in [3.8, 4) is 6.07 Å². The lowest BCUT2D eigenvalue weighted by molar-refractivity contribution is -0.116. The highest BCUT2D eigenvalue weighted by Crippen LogP contribution is 2.49. The highest BCUT2D eigenvalue weighted by atomic mass is 35.5. The normalized spacial score (nSPS) is 17.1. The van der Waals surface area contributed by atoms with Crippen LogP contribution in [-0.4, -0.2) is 27.6 Å². The van der Waals surface area contributed by atoms with Gasteiger partial charge in [-0.1, -0.05) is 64.5 Å². The lowest BCUT2D eigenvalue weighted by Gasteiger charge is -2.38. The second-order valence-electron chi connectivity index (χ2n) is 9.11. The van der Waals surface area contributed by atoms with Crippen molar-refractivity contribution in [2.24, 2.45) is 5.73 Å². The van der Waals surface area contributed by atoms with Crippen molar-refractivity contribution in [1.29, 1.82) is 5.26 Å². The van der Waals surface area contributed by atoms with E-state index in [1.54, 1.807) is 36.1 Å². The summed E-state index contributed by atoms with van der Waals surface area (Å²) in [4.78, 5) is 27.4. The first-order chi connectivity index (χ1) is 19.2. The van der Waals surface area contributed by atoms with E-state index < -0.39 is 11.7 Å². The zero-order valence-electron chi connectivity index (χ0n) is 21.0. The lowest BCUT2D eigenvalue weighted by Crippen LogP contribution is -2.38. The van der Waals surface area contributed by atoms with Crippen LogP contribution in [0.25, 0.3) is 0 Å². The molecule has 0 saturated heterocycles. The molecule has 3 aromatic rings. The number of carbonyl (C=O) groups is 2. The number of nitrogens with zero attached hydrogens (tertiary/aromatic N) is 4. The second kappa shape index (κ2) is 11.6. The molecule has 3 N–H and O–H groups in total. The molecule has 2 aliphatic rings. The summed E-state index contributed by atoms with van der Waals surface area (Å²) in [6, 6.07) is 11.4. The van der Waals surface area contributed by atoms with Crippen molar-refractivity contribution < 1.29 is 14.0 Å². The molecule has 0 bridgehead atoms. The third kappa shape index (κ3) is 5.32. The Labute approximate surface area is 247 Å². The first kappa shape index (κ1) is 28.1. The zero-order chi connectivity index (χ0) is 28.6. The van der Waals surface area contributed by atoms with Crippen LogP contribution in [0.2, 0.25) is 10.0 Å². The van der Waals surface area contributed by atoms with E-state index in [0.717, 1.165) is 17.3 Å². The number of ketones is 1. The molecular formula is C27H21Cl2FN6O2S2. The number of hydrogen-bond acceptors (Lipinski definition) is 9. The average molecular weight is 616 g/mol. The van der Waals surface area contributed by atoms with E-state index >= 15 is 0 Å². The summed E-state index contributed by atoms with van der Waals surface area (Å²) in [7, 11) is 0. The van der Waals surface area contributed by atoms with E-state index in [2.05, 4.69) is 21.6 Å². The number of nitriles is 1. The summed E-state index contributed by atoms with van der Waals surface area (Å²) in [5.74, 6) is -1.49. The van der Waals surface area contributed by atoms with Crippen molar-refractivity contribution in [2.75, 3.05) is 16.0 Å². The van der Waals surface area contributed by atoms with E-state index in [-0.39, 0.29) is 33.9 Å². The molecule has 0 fully saturated rings. The lowest BCUT2D eigenvalue weighted by atomic mass is 9.76. The molecule has 0 spiro atoms. The molecule has 1 aliphatic heterocycles. The number of anilines is 2. The van der Waals surface area contributed by atoms with Gasteiger partial charge < -0.3 is 11.1 Å². The van der Waals surface area contributed by atoms with Gasteiger partial charge in [0.2, 0.25) is 11.0 Å². The number of aryl methyl sites for hydroxylation is 1. The van der Waals surface area contributed by atoms with Gasteiger partial charge in [-0.3, -0.25) is 14.5 Å². The van der Waals surface area contributed by atoms with Crippen molar-refractivity contribution >= 4 is 68.8 Å². The summed E-state index contributed by atoms with van der Waals surface area (Å²) in [6.07, 6.45) is 1.48. The molecule has 2 heterocycles. The van der Waals surface area contributed by atoms with Crippen LogP contribution >= 0.6 is 46.3 Å². The Kier molecular flexibility index (Phi) is 8.14. The Morgan fingerprint density at radius 2 is 2.10 bits per heavy atom. The number of halogens is 3. The van der Waals surface area contributed by atoms with Crippen LogP contribution < -0.4 is 16.0 Å². The van der Waals surface area contributed by atoms with Crippen LogP contribution in [0.1, 0.15) is 36.3 Å². The predicted octanol–water partition coefficient (Wildman–Crippen LogP) is 6.33. The van der Waals surface area contributed by atoms with Crippen LogP contribution in [0.4, 0.5) is 15.2 Å². The maximum atomic E-state index is 13.6. The molecule has 204 valence electrons. The van der Waals surface area contributed by atoms with Crippen molar-refractivity contribution in [3.63, 3.8) is 0 Å². The molecule has 1 aliphatic carbocycles. The number of Topliss-reactive ketones (excluding diaryl/α,β-unsaturated/α-hetero) is 1. The van der Waals surface area contributed by atoms with Gasteiger partial charge in [0.1, 0.15) is 11.6 Å². The minimum atomic E-state index is -0.757. The van der Waals surface area contributed by atoms with E-state index in [4.69, 9.17) is 28.9 Å². The number of rotatable bonds is 6. The summed E-state index contributed by atoms with van der Waals surface area (Å²) < 4.78 is 14.0. The predicted molar refractivity (Wildman–Crippen MR) is 155 cm³/mol. The largest absolute Gasteiger partial charge is 0.384 e. The number of amides is 1. The molecule has 5 rings (SSSR count). The molecule has 0 saturated carbocycles. The molecule has 8 nitrogen and oxygen atoms in total. The molecule has 40 heavy (non-hydrogen) atoms. The smallest absolute Gasteiger partial charge is 0.234 e. The van der Waals surface area contributed by atoms with Crippen LogP contribution in [0, 0.1) is 24.1 Å². The minimum absolute atomic E-state index is 0.0150. The van der Waals surface area contributed by atoms with Gasteiger partial charge >= 0.3 is 0 Å². The van der Waals surface area contributed by atoms with Gasteiger partial charge in [-0.15, -0.1) is 10.2 Å². The van der Waals surface area contributed by atoms with Gasteiger partial charge in [0.25, 0.3) is 0 Å². The number of hydrogen-bond donors (Lipinski definition) is 2. The monoisotopic (exact) mass is 614 g/mol. The van der Waals surface area contributed by atoms with Gasteiger partial charge in [0, 0.05) is 23.4 Å². The maximum absolute atomic E-state index is 13.6. The molecule has 1 aromatic heterocycles. The SMILES string of the molecule is Cc1ccc(F)cc1NC(=O)CSc1nnc(N2C(N)=C(C#N)C(c3cccc(Cl)c3Cl)C3=C2CCCC3=O)s1. The molecule has 0 radical (unpaired) electrons. The first-order valence-electron chi connectivity index (χ1n) is 12.1. The third-order valence-electron chi connectivity index (χ3n) is 6.59. The molecule has 1 unspecified atom stereocenters. The summed E-state index contributed by atoms with van der Waals surface area (Å²) >= 11 is 15.1. The third-order valence-corrected chi connectivity index (χ3v) is 9.47. The van der Waals surface area contributed by atoms with Gasteiger partial charge in [-0.2, -0.15) is 5.26 Å². The number of benzene rings is 2. The Morgan fingerprint density at radius 3 is 2.88 bits per heavy atom. The molecule has 13 heteroatoms. The number of nitrogens with two attached hydrogens (primary N) is 1. The number of aromatic nitrogens is 2. The minimum Gasteiger partial charge on any atom is -0.384 e. The molecule has 2 aromatic carbocycles. The van der Waals surface area contributed by atoms with Gasteiger partial charge in [0.15, 0.2) is 10.1 Å². The van der Waals surface area contributed by atoms with Crippen LogP contribution in [-0.2, 0) is 9.59 Å². The number of thioether (sulfide) groups is 1. The quantitative estimate of drug-likeness (QED) is 0.309. The summed E-state index contributed by atoms with van der Waals surface area (Å²) in [5, 5.41) is 22.3. The maximum Gasteiger partial charge on any atom is 0.234 e. The molecular weight excluding hydrogens is 594 g/mol. The topological polar surface area (TPSA) is 125 Å². The Bertz CT molecular complexity index is 1650. The van der Waals surface area contributed by atoms with Crippen molar-refractivity contribution in [3.05, 3.63) is 86.1 Å². The Hall–Kier alpha value is -3.43. The highest BCUT2D eigenvalue weighted by molar-refractivity contribution is 8.01.